The quantitative estimate of drug-likeness (QED) is 0.690. The summed E-state index contributed by atoms with van der Waals surface area (Å²) < 4.78 is 0. The van der Waals surface area contributed by atoms with Crippen LogP contribution in [0.3, 0.4) is 0 Å². The standard InChI is InChI=1S/C12H22N2/c1-5-12(6-7-13-4)14-8-11(9-14)10(2)3/h5-7,10-11,13H,8-9H2,1-4H3/b7-6-,12-5+. The summed E-state index contributed by atoms with van der Waals surface area (Å²) >= 11 is 0. The first kappa shape index (κ1) is 11.2. The molecule has 0 unspecified atom stereocenters. The van der Waals surface area contributed by atoms with Crippen LogP contribution in [0.2, 0.25) is 0 Å². The molecule has 0 aliphatic carbocycles. The second-order valence-electron chi connectivity index (χ2n) is 4.24. The van der Waals surface area contributed by atoms with Crippen LogP contribution in [0.15, 0.2) is 24.0 Å². The van der Waals surface area contributed by atoms with Gasteiger partial charge in [-0.1, -0.05) is 19.9 Å². The van der Waals surface area contributed by atoms with Gasteiger partial charge in [0.1, 0.15) is 0 Å². The molecule has 14 heavy (non-hydrogen) atoms. The molecule has 0 aromatic carbocycles. The summed E-state index contributed by atoms with van der Waals surface area (Å²) in [7, 11) is 1.93. The van der Waals surface area contributed by atoms with Gasteiger partial charge in [0, 0.05) is 25.8 Å². The minimum atomic E-state index is 0.817. The Hall–Kier alpha value is -0.920. The molecule has 1 rings (SSSR count). The summed E-state index contributed by atoms with van der Waals surface area (Å²) in [5.74, 6) is 1.70. The largest absolute Gasteiger partial charge is 0.394 e. The van der Waals surface area contributed by atoms with Gasteiger partial charge >= 0.3 is 0 Å². The monoisotopic (exact) mass is 194 g/mol. The maximum atomic E-state index is 3.02. The molecule has 0 amide bonds. The topological polar surface area (TPSA) is 15.3 Å². The molecule has 0 radical (unpaired) electrons. The fraction of sp³-hybridized carbons (Fsp3) is 0.667. The Morgan fingerprint density at radius 2 is 2.07 bits per heavy atom. The molecule has 1 aliphatic rings. The lowest BCUT2D eigenvalue weighted by Gasteiger charge is -2.43. The summed E-state index contributed by atoms with van der Waals surface area (Å²) in [4.78, 5) is 2.43. The summed E-state index contributed by atoms with van der Waals surface area (Å²) in [6, 6.07) is 0. The fourth-order valence-electron chi connectivity index (χ4n) is 1.70. The molecule has 1 fully saturated rings. The van der Waals surface area contributed by atoms with E-state index in [1.807, 2.05) is 13.2 Å². The van der Waals surface area contributed by atoms with Gasteiger partial charge in [-0.2, -0.15) is 0 Å². The Kier molecular flexibility index (Phi) is 4.05. The zero-order chi connectivity index (χ0) is 10.6. The number of rotatable bonds is 4. The average molecular weight is 194 g/mol. The van der Waals surface area contributed by atoms with Crippen molar-refractivity contribution in [1.29, 1.82) is 0 Å². The van der Waals surface area contributed by atoms with Crippen LogP contribution in [0.5, 0.6) is 0 Å². The first-order chi connectivity index (χ1) is 6.69. The van der Waals surface area contributed by atoms with Crippen molar-refractivity contribution >= 4 is 0 Å². The molecule has 2 heteroatoms. The maximum absolute atomic E-state index is 3.02. The Morgan fingerprint density at radius 3 is 2.50 bits per heavy atom. The van der Waals surface area contributed by atoms with E-state index < -0.39 is 0 Å². The van der Waals surface area contributed by atoms with Crippen LogP contribution in [-0.2, 0) is 0 Å². The van der Waals surface area contributed by atoms with Crippen LogP contribution < -0.4 is 5.32 Å². The highest BCUT2D eigenvalue weighted by atomic mass is 15.2. The highest BCUT2D eigenvalue weighted by molar-refractivity contribution is 5.18. The van der Waals surface area contributed by atoms with Gasteiger partial charge in [0.25, 0.3) is 0 Å². The van der Waals surface area contributed by atoms with Gasteiger partial charge in [0.05, 0.1) is 0 Å². The molecule has 0 saturated carbocycles. The van der Waals surface area contributed by atoms with E-state index >= 15 is 0 Å². The van der Waals surface area contributed by atoms with Gasteiger partial charge in [0.2, 0.25) is 0 Å². The molecule has 0 atom stereocenters. The van der Waals surface area contributed by atoms with E-state index in [1.165, 1.54) is 18.8 Å². The van der Waals surface area contributed by atoms with Gasteiger partial charge in [-0.25, -0.2) is 0 Å². The number of hydrogen-bond acceptors (Lipinski definition) is 2. The lowest BCUT2D eigenvalue weighted by atomic mass is 9.88. The minimum absolute atomic E-state index is 0.817. The van der Waals surface area contributed by atoms with Gasteiger partial charge in [-0.15, -0.1) is 0 Å². The van der Waals surface area contributed by atoms with Crippen molar-refractivity contribution in [1.82, 2.24) is 10.2 Å². The molecular weight excluding hydrogens is 172 g/mol. The van der Waals surface area contributed by atoms with E-state index in [-0.39, 0.29) is 0 Å². The van der Waals surface area contributed by atoms with Crippen molar-refractivity contribution in [3.63, 3.8) is 0 Å². The molecule has 0 spiro atoms. The van der Waals surface area contributed by atoms with Gasteiger partial charge in [-0.3, -0.25) is 0 Å². The number of hydrogen-bond donors (Lipinski definition) is 1. The lowest BCUT2D eigenvalue weighted by molar-refractivity contribution is 0.108. The van der Waals surface area contributed by atoms with Crippen molar-refractivity contribution in [2.75, 3.05) is 20.1 Å². The van der Waals surface area contributed by atoms with Crippen molar-refractivity contribution in [3.05, 3.63) is 24.0 Å². The van der Waals surface area contributed by atoms with E-state index in [0.29, 0.717) is 0 Å². The molecular formula is C12H22N2. The van der Waals surface area contributed by atoms with Crippen LogP contribution in [0.1, 0.15) is 20.8 Å². The summed E-state index contributed by atoms with van der Waals surface area (Å²) in [5.41, 5.74) is 1.33. The highest BCUT2D eigenvalue weighted by Crippen LogP contribution is 2.27. The third-order valence-electron chi connectivity index (χ3n) is 2.93. The van der Waals surface area contributed by atoms with Crippen molar-refractivity contribution in [3.8, 4) is 0 Å². The number of nitrogens with one attached hydrogen (secondary N) is 1. The van der Waals surface area contributed by atoms with E-state index in [1.54, 1.807) is 0 Å². The van der Waals surface area contributed by atoms with Crippen LogP contribution in [0.4, 0.5) is 0 Å². The van der Waals surface area contributed by atoms with Crippen LogP contribution in [0, 0.1) is 11.8 Å². The predicted octanol–water partition coefficient (Wildman–Crippen LogP) is 2.21. The molecule has 2 nitrogen and oxygen atoms in total. The SMILES string of the molecule is C/C=C(\C=C/NC)N1CC(C(C)C)C1. The maximum Gasteiger partial charge on any atom is 0.0337 e. The zero-order valence-electron chi connectivity index (χ0n) is 9.75. The molecule has 0 aromatic rings. The Labute approximate surface area is 87.7 Å². The third-order valence-corrected chi connectivity index (χ3v) is 2.93. The molecule has 1 saturated heterocycles. The fourth-order valence-corrected chi connectivity index (χ4v) is 1.70. The summed E-state index contributed by atoms with van der Waals surface area (Å²) in [5, 5.41) is 3.02. The molecule has 1 heterocycles. The predicted molar refractivity (Wildman–Crippen MR) is 61.9 cm³/mol. The second kappa shape index (κ2) is 5.08. The second-order valence-corrected chi connectivity index (χ2v) is 4.24. The van der Waals surface area contributed by atoms with Gasteiger partial charge in [-0.05, 0) is 31.0 Å². The first-order valence-corrected chi connectivity index (χ1v) is 5.44. The molecule has 1 aliphatic heterocycles. The van der Waals surface area contributed by atoms with E-state index in [0.717, 1.165) is 11.8 Å². The number of likely N-dealkylation sites (tertiary alicyclic amines) is 1. The molecule has 0 aromatic heterocycles. The van der Waals surface area contributed by atoms with Crippen molar-refractivity contribution in [2.24, 2.45) is 11.8 Å². The highest BCUT2D eigenvalue weighted by Gasteiger charge is 2.29. The lowest BCUT2D eigenvalue weighted by Crippen LogP contribution is -2.47. The van der Waals surface area contributed by atoms with Crippen LogP contribution in [0.25, 0.3) is 0 Å². The van der Waals surface area contributed by atoms with E-state index in [4.69, 9.17) is 0 Å². The Bertz CT molecular complexity index is 222. The van der Waals surface area contributed by atoms with E-state index in [2.05, 4.69) is 43.1 Å². The molecule has 1 N–H and O–H groups in total. The third kappa shape index (κ3) is 2.53. The normalized spacial score (nSPS) is 19.2. The Balaban J connectivity index is 2.40. The summed E-state index contributed by atoms with van der Waals surface area (Å²) in [6.45, 7) is 9.14. The van der Waals surface area contributed by atoms with E-state index in [9.17, 15) is 0 Å². The first-order valence-electron chi connectivity index (χ1n) is 5.44. The summed E-state index contributed by atoms with van der Waals surface area (Å²) in [6.07, 6.45) is 6.29. The Morgan fingerprint density at radius 1 is 1.43 bits per heavy atom. The molecule has 80 valence electrons. The van der Waals surface area contributed by atoms with Gasteiger partial charge < -0.3 is 10.2 Å². The van der Waals surface area contributed by atoms with Crippen molar-refractivity contribution < 1.29 is 0 Å². The van der Waals surface area contributed by atoms with Crippen LogP contribution in [-0.4, -0.2) is 25.0 Å². The average Bonchev–Trinajstić information content (AvgIpc) is 2.07. The zero-order valence-corrected chi connectivity index (χ0v) is 9.75. The number of allylic oxidation sites excluding steroid dienone is 2. The van der Waals surface area contributed by atoms with Crippen LogP contribution >= 0.6 is 0 Å². The smallest absolute Gasteiger partial charge is 0.0337 e. The molecule has 0 bridgehead atoms. The number of nitrogens with zero attached hydrogens (tertiary/aromatic N) is 1. The van der Waals surface area contributed by atoms with Crippen molar-refractivity contribution in [2.45, 2.75) is 20.8 Å². The minimum Gasteiger partial charge on any atom is -0.394 e. The van der Waals surface area contributed by atoms with Gasteiger partial charge in [0.15, 0.2) is 0 Å².